The fourth-order valence-electron chi connectivity index (χ4n) is 8.78. The summed E-state index contributed by atoms with van der Waals surface area (Å²) in [5.74, 6) is -0.254. The van der Waals surface area contributed by atoms with E-state index in [0.717, 1.165) is 89.9 Å². The molecular formula is C60H107NO10. The van der Waals surface area contributed by atoms with E-state index in [1.807, 2.05) is 6.08 Å². The van der Waals surface area contributed by atoms with Crippen LogP contribution < -0.4 is 5.32 Å². The molecule has 1 aliphatic heterocycles. The number of hydrogen-bond donors (Lipinski definition) is 6. The Bertz CT molecular complexity index is 1360. The van der Waals surface area contributed by atoms with Crippen LogP contribution in [0.25, 0.3) is 0 Å². The van der Waals surface area contributed by atoms with E-state index < -0.39 is 49.5 Å². The molecule has 1 amide bonds. The van der Waals surface area contributed by atoms with Crippen molar-refractivity contribution < 1.29 is 49.3 Å². The van der Waals surface area contributed by atoms with Crippen molar-refractivity contribution in [2.45, 2.75) is 288 Å². The van der Waals surface area contributed by atoms with Crippen LogP contribution in [0.5, 0.6) is 0 Å². The van der Waals surface area contributed by atoms with Crippen LogP contribution in [0.4, 0.5) is 0 Å². The molecule has 1 fully saturated rings. The van der Waals surface area contributed by atoms with E-state index in [4.69, 9.17) is 14.2 Å². The molecule has 0 radical (unpaired) electrons. The molecule has 11 nitrogen and oxygen atoms in total. The molecule has 1 heterocycles. The molecule has 1 rings (SSSR count). The second kappa shape index (κ2) is 49.6. The summed E-state index contributed by atoms with van der Waals surface area (Å²) in [6.07, 6.45) is 53.5. The quantitative estimate of drug-likeness (QED) is 0.0195. The van der Waals surface area contributed by atoms with Crippen molar-refractivity contribution in [2.75, 3.05) is 19.8 Å². The van der Waals surface area contributed by atoms with Crippen molar-refractivity contribution in [3.63, 3.8) is 0 Å². The minimum atomic E-state index is -1.58. The molecule has 7 unspecified atom stereocenters. The topological polar surface area (TPSA) is 175 Å². The van der Waals surface area contributed by atoms with Crippen LogP contribution in [0, 0.1) is 0 Å². The van der Waals surface area contributed by atoms with Gasteiger partial charge >= 0.3 is 5.97 Å². The number of carbonyl (C=O) groups excluding carboxylic acids is 2. The molecular weight excluding hydrogens is 895 g/mol. The first-order valence-electron chi connectivity index (χ1n) is 29.1. The maximum absolute atomic E-state index is 13.0. The van der Waals surface area contributed by atoms with E-state index in [1.54, 1.807) is 6.08 Å². The summed E-state index contributed by atoms with van der Waals surface area (Å²) in [5.41, 5.74) is 0. The minimum Gasteiger partial charge on any atom is -0.465 e. The first-order chi connectivity index (χ1) is 34.7. The van der Waals surface area contributed by atoms with Gasteiger partial charge in [-0.3, -0.25) is 9.59 Å². The summed E-state index contributed by atoms with van der Waals surface area (Å²) in [6, 6.07) is -0.838. The molecule has 0 aliphatic carbocycles. The van der Waals surface area contributed by atoms with E-state index >= 15 is 0 Å². The summed E-state index contributed by atoms with van der Waals surface area (Å²) in [4.78, 5) is 25.0. The van der Waals surface area contributed by atoms with Crippen LogP contribution in [0.1, 0.15) is 245 Å². The summed E-state index contributed by atoms with van der Waals surface area (Å²) in [6.45, 7) is 4.07. The Morgan fingerprint density at radius 1 is 0.535 bits per heavy atom. The lowest BCUT2D eigenvalue weighted by Gasteiger charge is -2.40. The van der Waals surface area contributed by atoms with Crippen molar-refractivity contribution >= 4 is 11.9 Å². The number of aliphatic hydroxyl groups excluding tert-OH is 5. The van der Waals surface area contributed by atoms with E-state index in [9.17, 15) is 35.1 Å². The van der Waals surface area contributed by atoms with Gasteiger partial charge in [0.25, 0.3) is 0 Å². The van der Waals surface area contributed by atoms with Crippen LogP contribution in [-0.4, -0.2) is 100 Å². The van der Waals surface area contributed by atoms with Crippen LogP contribution in [-0.2, 0) is 23.8 Å². The molecule has 412 valence electrons. The highest BCUT2D eigenvalue weighted by molar-refractivity contribution is 5.76. The Labute approximate surface area is 433 Å². The third-order valence-corrected chi connectivity index (χ3v) is 13.4. The predicted molar refractivity (Wildman–Crippen MR) is 292 cm³/mol. The fourth-order valence-corrected chi connectivity index (χ4v) is 8.78. The molecule has 0 spiro atoms. The summed E-state index contributed by atoms with van der Waals surface area (Å²) in [7, 11) is 0. The van der Waals surface area contributed by atoms with Crippen molar-refractivity contribution in [3.8, 4) is 0 Å². The Morgan fingerprint density at radius 3 is 1.54 bits per heavy atom. The first kappa shape index (κ1) is 66.4. The molecule has 6 N–H and O–H groups in total. The number of rotatable bonds is 49. The Balaban J connectivity index is 2.07. The van der Waals surface area contributed by atoms with Crippen molar-refractivity contribution in [1.29, 1.82) is 0 Å². The zero-order valence-electron chi connectivity index (χ0n) is 45.2. The third-order valence-electron chi connectivity index (χ3n) is 13.4. The molecule has 1 aliphatic rings. The molecule has 71 heavy (non-hydrogen) atoms. The van der Waals surface area contributed by atoms with Gasteiger partial charge in [-0.15, -0.1) is 0 Å². The number of allylic oxidation sites excluding steroid dienone is 8. The normalized spacial score (nSPS) is 19.6. The lowest BCUT2D eigenvalue weighted by molar-refractivity contribution is -0.302. The van der Waals surface area contributed by atoms with Gasteiger partial charge in [-0.1, -0.05) is 222 Å². The van der Waals surface area contributed by atoms with Gasteiger partial charge in [0.2, 0.25) is 5.91 Å². The molecule has 7 atom stereocenters. The highest BCUT2D eigenvalue weighted by Gasteiger charge is 2.44. The highest BCUT2D eigenvalue weighted by Crippen LogP contribution is 2.23. The monoisotopic (exact) mass is 1000 g/mol. The van der Waals surface area contributed by atoms with Gasteiger partial charge in [-0.05, 0) is 70.6 Å². The van der Waals surface area contributed by atoms with E-state index in [1.165, 1.54) is 128 Å². The minimum absolute atomic E-state index is 0.0495. The number of ether oxygens (including phenoxy) is 3. The zero-order valence-corrected chi connectivity index (χ0v) is 45.2. The van der Waals surface area contributed by atoms with Crippen LogP contribution in [0.3, 0.4) is 0 Å². The SMILES string of the molecule is CC/C=C/CC/C=C/CC/C=C/C(O)C(COC1OC(CO)C(O)C(O)C1O)NC(=O)CCCCCCCCCCCCCCCC/C=C\C/C=C\CCOC(=O)CCCCCCCCCCCCCC. The van der Waals surface area contributed by atoms with Gasteiger partial charge in [-0.2, -0.15) is 0 Å². The lowest BCUT2D eigenvalue weighted by atomic mass is 9.99. The molecule has 1 saturated heterocycles. The number of esters is 1. The smallest absolute Gasteiger partial charge is 0.305 e. The number of hydrogen-bond acceptors (Lipinski definition) is 10. The molecule has 0 bridgehead atoms. The van der Waals surface area contributed by atoms with Crippen molar-refractivity contribution in [2.24, 2.45) is 0 Å². The largest absolute Gasteiger partial charge is 0.465 e. The average Bonchev–Trinajstić information content (AvgIpc) is 3.37. The Kier molecular flexibility index (Phi) is 46.3. The number of amides is 1. The maximum atomic E-state index is 13.0. The van der Waals surface area contributed by atoms with Gasteiger partial charge in [0.05, 0.1) is 32.0 Å². The number of nitrogens with one attached hydrogen (secondary N) is 1. The van der Waals surface area contributed by atoms with E-state index in [-0.39, 0.29) is 18.5 Å². The van der Waals surface area contributed by atoms with Gasteiger partial charge in [0, 0.05) is 12.8 Å². The van der Waals surface area contributed by atoms with Gasteiger partial charge in [-0.25, -0.2) is 0 Å². The zero-order chi connectivity index (χ0) is 51.7. The summed E-state index contributed by atoms with van der Waals surface area (Å²) >= 11 is 0. The second-order valence-corrected chi connectivity index (χ2v) is 19.9. The lowest BCUT2D eigenvalue weighted by Crippen LogP contribution is -2.60. The number of aliphatic hydroxyl groups is 5. The molecule has 11 heteroatoms. The standard InChI is InChI=1S/C60H107NO10/c1-3-5-7-9-11-13-15-28-32-36-40-44-48-56(65)69-49-45-41-37-33-29-26-24-22-20-18-16-17-19-21-23-25-27-31-35-39-43-47-55(64)61-52(51-70-60-59(68)58(67)57(66)54(50-62)71-60)53(63)46-42-38-34-30-14-12-10-8-6-4-2/h6,8,14,26,29-30,37,41-42,46,52-54,57-60,62-63,66-68H,3-5,7,9-13,15-25,27-28,31-36,38-40,43-45,47-51H2,1-2H3,(H,61,64)/b8-6+,29-26-,30-14+,41-37-,46-42+. The molecule has 0 aromatic rings. The molecule has 0 aromatic carbocycles. The fraction of sp³-hybridized carbons (Fsp3) is 0.800. The summed E-state index contributed by atoms with van der Waals surface area (Å²) < 4.78 is 16.6. The highest BCUT2D eigenvalue weighted by atomic mass is 16.7. The van der Waals surface area contributed by atoms with Gasteiger partial charge in [0.15, 0.2) is 6.29 Å². The average molecular weight is 1000 g/mol. The first-order valence-corrected chi connectivity index (χ1v) is 29.1. The predicted octanol–water partition coefficient (Wildman–Crippen LogP) is 13.1. The molecule has 0 saturated carbocycles. The second-order valence-electron chi connectivity index (χ2n) is 19.9. The maximum Gasteiger partial charge on any atom is 0.305 e. The van der Waals surface area contributed by atoms with Crippen molar-refractivity contribution in [3.05, 3.63) is 60.8 Å². The van der Waals surface area contributed by atoms with Crippen LogP contribution >= 0.6 is 0 Å². The number of unbranched alkanes of at least 4 members (excludes halogenated alkanes) is 27. The Hall–Kier alpha value is -2.64. The van der Waals surface area contributed by atoms with E-state index in [0.29, 0.717) is 19.4 Å². The summed E-state index contributed by atoms with van der Waals surface area (Å²) in [5, 5.41) is 54.2. The Morgan fingerprint density at radius 2 is 1.00 bits per heavy atom. The van der Waals surface area contributed by atoms with Crippen LogP contribution in [0.15, 0.2) is 60.8 Å². The van der Waals surface area contributed by atoms with Gasteiger partial charge < -0.3 is 45.1 Å². The van der Waals surface area contributed by atoms with Gasteiger partial charge in [0.1, 0.15) is 24.4 Å². The van der Waals surface area contributed by atoms with Crippen molar-refractivity contribution in [1.82, 2.24) is 5.32 Å². The molecule has 0 aromatic heterocycles. The third kappa shape index (κ3) is 39.5. The van der Waals surface area contributed by atoms with Crippen LogP contribution in [0.2, 0.25) is 0 Å². The van der Waals surface area contributed by atoms with E-state index in [2.05, 4.69) is 67.8 Å². The number of carbonyl (C=O) groups is 2.